The zero-order valence-corrected chi connectivity index (χ0v) is 9.51. The highest BCUT2D eigenvalue weighted by atomic mass is 32.2. The number of rotatable bonds is 2. The van der Waals surface area contributed by atoms with Crippen molar-refractivity contribution in [3.05, 3.63) is 11.6 Å². The van der Waals surface area contributed by atoms with Crippen LogP contribution in [-0.4, -0.2) is 46.6 Å². The molecule has 4 heteroatoms. The highest BCUT2D eigenvalue weighted by Crippen LogP contribution is 2.16. The second-order valence-electron chi connectivity index (χ2n) is 3.66. The van der Waals surface area contributed by atoms with Gasteiger partial charge in [-0.2, -0.15) is 11.8 Å². The second kappa shape index (κ2) is 5.41. The molecule has 1 rings (SSSR count). The molecule has 1 N–H and O–H groups in total. The van der Waals surface area contributed by atoms with E-state index in [1.54, 1.807) is 22.7 Å². The maximum atomic E-state index is 11.7. The first kappa shape index (κ1) is 11.6. The first-order valence-electron chi connectivity index (χ1n) is 4.79. The van der Waals surface area contributed by atoms with Crippen LogP contribution in [0.4, 0.5) is 0 Å². The molecule has 0 aromatic heterocycles. The van der Waals surface area contributed by atoms with Crippen molar-refractivity contribution in [2.24, 2.45) is 0 Å². The van der Waals surface area contributed by atoms with Gasteiger partial charge in [-0.25, -0.2) is 0 Å². The summed E-state index contributed by atoms with van der Waals surface area (Å²) in [5.74, 6) is 1.85. The molecular formula is C10H17NO2S. The topological polar surface area (TPSA) is 40.5 Å². The highest BCUT2D eigenvalue weighted by molar-refractivity contribution is 7.99. The fourth-order valence-electron chi connectivity index (χ4n) is 1.43. The van der Waals surface area contributed by atoms with E-state index < -0.39 is 0 Å². The number of thioether (sulfide) groups is 1. The Morgan fingerprint density at radius 2 is 2.36 bits per heavy atom. The number of aliphatic hydroxyl groups excluding tert-OH is 1. The fraction of sp³-hybridized carbons (Fsp3) is 0.700. The Bertz CT molecular complexity index is 236. The molecule has 1 saturated heterocycles. The third-order valence-corrected chi connectivity index (χ3v) is 3.23. The Kier molecular flexibility index (Phi) is 4.48. The molecule has 1 amide bonds. The van der Waals surface area contributed by atoms with Crippen LogP contribution in [0.3, 0.4) is 0 Å². The molecule has 0 bridgehead atoms. The minimum atomic E-state index is -0.00292. The van der Waals surface area contributed by atoms with Gasteiger partial charge in [0.2, 0.25) is 5.91 Å². The predicted molar refractivity (Wildman–Crippen MR) is 59.3 cm³/mol. The van der Waals surface area contributed by atoms with Gasteiger partial charge in [-0.3, -0.25) is 4.79 Å². The Balaban J connectivity index is 2.63. The zero-order chi connectivity index (χ0) is 10.6. The molecule has 0 radical (unpaired) electrons. The number of hydrogen-bond donors (Lipinski definition) is 1. The van der Waals surface area contributed by atoms with Gasteiger partial charge in [-0.15, -0.1) is 0 Å². The number of amides is 1. The summed E-state index contributed by atoms with van der Waals surface area (Å²) in [6, 6.07) is -0.00292. The molecule has 14 heavy (non-hydrogen) atoms. The molecule has 0 aromatic rings. The van der Waals surface area contributed by atoms with Gasteiger partial charge in [0.1, 0.15) is 0 Å². The van der Waals surface area contributed by atoms with E-state index in [4.69, 9.17) is 5.11 Å². The van der Waals surface area contributed by atoms with Gasteiger partial charge < -0.3 is 10.0 Å². The van der Waals surface area contributed by atoms with E-state index in [-0.39, 0.29) is 18.6 Å². The number of carbonyl (C=O) groups is 1. The smallest absolute Gasteiger partial charge is 0.246 e. The van der Waals surface area contributed by atoms with Crippen LogP contribution in [0.5, 0.6) is 0 Å². The molecule has 1 heterocycles. The summed E-state index contributed by atoms with van der Waals surface area (Å²) in [7, 11) is 0. The van der Waals surface area contributed by atoms with Crippen molar-refractivity contribution in [1.29, 1.82) is 0 Å². The van der Waals surface area contributed by atoms with Crippen molar-refractivity contribution in [3.63, 3.8) is 0 Å². The SMILES string of the molecule is CC(C)=CC(=O)N1CCSCC1CO. The number of hydrogen-bond acceptors (Lipinski definition) is 3. The first-order valence-corrected chi connectivity index (χ1v) is 5.94. The molecule has 1 aliphatic rings. The summed E-state index contributed by atoms with van der Waals surface area (Å²) in [6.07, 6.45) is 1.64. The molecule has 0 aromatic carbocycles. The second-order valence-corrected chi connectivity index (χ2v) is 4.81. The molecule has 0 aliphatic carbocycles. The van der Waals surface area contributed by atoms with Crippen LogP contribution >= 0.6 is 11.8 Å². The molecular weight excluding hydrogens is 198 g/mol. The summed E-state index contributed by atoms with van der Waals surface area (Å²) < 4.78 is 0. The normalized spacial score (nSPS) is 21.9. The van der Waals surface area contributed by atoms with Crippen molar-refractivity contribution in [1.82, 2.24) is 4.90 Å². The average molecular weight is 215 g/mol. The number of allylic oxidation sites excluding steroid dienone is 1. The Morgan fingerprint density at radius 1 is 1.64 bits per heavy atom. The van der Waals surface area contributed by atoms with E-state index in [0.717, 1.165) is 23.6 Å². The Labute approximate surface area is 89.2 Å². The zero-order valence-electron chi connectivity index (χ0n) is 8.69. The number of aliphatic hydroxyl groups is 1. The van der Waals surface area contributed by atoms with Crippen LogP contribution in [-0.2, 0) is 4.79 Å². The van der Waals surface area contributed by atoms with Gasteiger partial charge in [0.25, 0.3) is 0 Å². The molecule has 0 spiro atoms. The number of carbonyl (C=O) groups excluding carboxylic acids is 1. The van der Waals surface area contributed by atoms with Crippen molar-refractivity contribution < 1.29 is 9.90 Å². The third-order valence-electron chi connectivity index (χ3n) is 2.13. The lowest BCUT2D eigenvalue weighted by atomic mass is 10.2. The minimum Gasteiger partial charge on any atom is -0.394 e. The average Bonchev–Trinajstić information content (AvgIpc) is 2.16. The standard InChI is InChI=1S/C10H17NO2S/c1-8(2)5-10(13)11-3-4-14-7-9(11)6-12/h5,9,12H,3-4,6-7H2,1-2H3. The van der Waals surface area contributed by atoms with E-state index >= 15 is 0 Å². The quantitative estimate of drug-likeness (QED) is 0.695. The maximum Gasteiger partial charge on any atom is 0.246 e. The van der Waals surface area contributed by atoms with Crippen molar-refractivity contribution >= 4 is 17.7 Å². The van der Waals surface area contributed by atoms with Gasteiger partial charge >= 0.3 is 0 Å². The summed E-state index contributed by atoms with van der Waals surface area (Å²) in [5, 5.41) is 9.12. The summed E-state index contributed by atoms with van der Waals surface area (Å²) >= 11 is 1.79. The molecule has 0 saturated carbocycles. The van der Waals surface area contributed by atoms with Crippen LogP contribution in [0.2, 0.25) is 0 Å². The largest absolute Gasteiger partial charge is 0.394 e. The third kappa shape index (κ3) is 3.03. The van der Waals surface area contributed by atoms with Crippen molar-refractivity contribution in [2.75, 3.05) is 24.7 Å². The fourth-order valence-corrected chi connectivity index (χ4v) is 2.48. The van der Waals surface area contributed by atoms with Crippen LogP contribution in [0.25, 0.3) is 0 Å². The van der Waals surface area contributed by atoms with Gasteiger partial charge in [-0.05, 0) is 13.8 Å². The Hall–Kier alpha value is -0.480. The summed E-state index contributed by atoms with van der Waals surface area (Å²) in [4.78, 5) is 13.5. The van der Waals surface area contributed by atoms with E-state index in [1.165, 1.54) is 0 Å². The summed E-state index contributed by atoms with van der Waals surface area (Å²) in [6.45, 7) is 4.63. The molecule has 1 aliphatic heterocycles. The Morgan fingerprint density at radius 3 is 2.93 bits per heavy atom. The van der Waals surface area contributed by atoms with E-state index in [0.29, 0.717) is 0 Å². The molecule has 3 nitrogen and oxygen atoms in total. The van der Waals surface area contributed by atoms with E-state index in [1.807, 2.05) is 13.8 Å². The van der Waals surface area contributed by atoms with Gasteiger partial charge in [-0.1, -0.05) is 5.57 Å². The molecule has 1 unspecified atom stereocenters. The van der Waals surface area contributed by atoms with Crippen molar-refractivity contribution in [3.8, 4) is 0 Å². The highest BCUT2D eigenvalue weighted by Gasteiger charge is 2.24. The maximum absolute atomic E-state index is 11.7. The molecule has 1 atom stereocenters. The molecule has 1 fully saturated rings. The van der Waals surface area contributed by atoms with E-state index in [9.17, 15) is 4.79 Å². The monoisotopic (exact) mass is 215 g/mol. The van der Waals surface area contributed by atoms with E-state index in [2.05, 4.69) is 0 Å². The lowest BCUT2D eigenvalue weighted by Crippen LogP contribution is -2.47. The van der Waals surface area contributed by atoms with Gasteiger partial charge in [0, 0.05) is 24.1 Å². The van der Waals surface area contributed by atoms with Crippen LogP contribution in [0, 0.1) is 0 Å². The van der Waals surface area contributed by atoms with Crippen molar-refractivity contribution in [2.45, 2.75) is 19.9 Å². The summed E-state index contributed by atoms with van der Waals surface area (Å²) in [5.41, 5.74) is 1.00. The minimum absolute atomic E-state index is 0.00292. The van der Waals surface area contributed by atoms with Crippen LogP contribution in [0.1, 0.15) is 13.8 Å². The van der Waals surface area contributed by atoms with Crippen LogP contribution < -0.4 is 0 Å². The van der Waals surface area contributed by atoms with Gasteiger partial charge in [0.15, 0.2) is 0 Å². The van der Waals surface area contributed by atoms with Crippen LogP contribution in [0.15, 0.2) is 11.6 Å². The molecule has 80 valence electrons. The lowest BCUT2D eigenvalue weighted by molar-refractivity contribution is -0.128. The van der Waals surface area contributed by atoms with Gasteiger partial charge in [0.05, 0.1) is 12.6 Å². The lowest BCUT2D eigenvalue weighted by Gasteiger charge is -2.33. The first-order chi connectivity index (χ1) is 6.65. The predicted octanol–water partition coefficient (Wildman–Crippen LogP) is 0.889. The number of nitrogens with zero attached hydrogens (tertiary/aromatic N) is 1.